The molecule has 0 radical (unpaired) electrons. The molecule has 0 N–H and O–H groups in total. The highest BCUT2D eigenvalue weighted by Gasteiger charge is 2.17. The number of hydrogen-bond acceptors (Lipinski definition) is 1. The Morgan fingerprint density at radius 1 is 1.71 bits per heavy atom. The van der Waals surface area contributed by atoms with Crippen LogP contribution in [0, 0.1) is 6.57 Å². The van der Waals surface area contributed by atoms with Crippen molar-refractivity contribution in [2.24, 2.45) is 0 Å². The molecule has 1 atom stereocenters. The zero-order valence-corrected chi connectivity index (χ0v) is 4.05. The number of rotatable bonds is 0. The smallest absolute Gasteiger partial charge is 0.310 e. The van der Waals surface area contributed by atoms with Crippen molar-refractivity contribution in [3.05, 3.63) is 11.4 Å². The zero-order valence-electron chi connectivity index (χ0n) is 4.05. The molecule has 1 heterocycles. The van der Waals surface area contributed by atoms with Gasteiger partial charge in [-0.3, -0.25) is 4.85 Å². The molecule has 0 amide bonds. The van der Waals surface area contributed by atoms with Crippen LogP contribution in [0.4, 0.5) is 0 Å². The van der Waals surface area contributed by atoms with Crippen LogP contribution < -0.4 is 0 Å². The van der Waals surface area contributed by atoms with Gasteiger partial charge in [0, 0.05) is 0 Å². The summed E-state index contributed by atoms with van der Waals surface area (Å²) in [4.78, 5) is 3.22. The highest BCUT2D eigenvalue weighted by molar-refractivity contribution is 4.72. The molecular weight excluding hydrogens is 90.1 g/mol. The summed E-state index contributed by atoms with van der Waals surface area (Å²) >= 11 is 0. The SMILES string of the molecule is [C-]#[N+]C1CCCO1. The molecule has 1 rings (SSSR count). The molecule has 2 nitrogen and oxygen atoms in total. The summed E-state index contributed by atoms with van der Waals surface area (Å²) in [5.74, 6) is 0. The highest BCUT2D eigenvalue weighted by Crippen LogP contribution is 2.11. The van der Waals surface area contributed by atoms with Gasteiger partial charge in [0.25, 0.3) is 0 Å². The first-order valence-corrected chi connectivity index (χ1v) is 2.41. The molecule has 1 aliphatic heterocycles. The van der Waals surface area contributed by atoms with E-state index in [9.17, 15) is 0 Å². The van der Waals surface area contributed by atoms with Crippen LogP contribution in [0.25, 0.3) is 4.85 Å². The fourth-order valence-corrected chi connectivity index (χ4v) is 0.662. The molecule has 0 aliphatic carbocycles. The molecule has 1 aliphatic rings. The average Bonchev–Trinajstić information content (AvgIpc) is 2.14. The topological polar surface area (TPSA) is 13.6 Å². The van der Waals surface area contributed by atoms with E-state index in [1.54, 1.807) is 0 Å². The van der Waals surface area contributed by atoms with E-state index in [1.807, 2.05) is 0 Å². The second-order valence-electron chi connectivity index (χ2n) is 1.60. The molecule has 0 spiro atoms. The predicted octanol–water partition coefficient (Wildman–Crippen LogP) is 1.04. The van der Waals surface area contributed by atoms with E-state index in [-0.39, 0.29) is 6.23 Å². The van der Waals surface area contributed by atoms with Gasteiger partial charge < -0.3 is 4.74 Å². The lowest BCUT2D eigenvalue weighted by molar-refractivity contribution is 0.144. The molecule has 0 aromatic heterocycles. The normalized spacial score (nSPS) is 29.9. The Kier molecular flexibility index (Phi) is 1.28. The van der Waals surface area contributed by atoms with Crippen molar-refractivity contribution in [2.75, 3.05) is 6.61 Å². The van der Waals surface area contributed by atoms with E-state index in [4.69, 9.17) is 11.3 Å². The fraction of sp³-hybridized carbons (Fsp3) is 0.800. The van der Waals surface area contributed by atoms with E-state index < -0.39 is 0 Å². The third kappa shape index (κ3) is 0.908. The quantitative estimate of drug-likeness (QED) is 0.412. The van der Waals surface area contributed by atoms with Crippen LogP contribution in [-0.4, -0.2) is 12.8 Å². The molecule has 0 bridgehead atoms. The summed E-state index contributed by atoms with van der Waals surface area (Å²) < 4.78 is 4.95. The summed E-state index contributed by atoms with van der Waals surface area (Å²) in [6, 6.07) is 0. The summed E-state index contributed by atoms with van der Waals surface area (Å²) in [6.07, 6.45) is 1.89. The van der Waals surface area contributed by atoms with E-state index in [2.05, 4.69) is 4.85 Å². The van der Waals surface area contributed by atoms with Gasteiger partial charge in [0.05, 0.1) is 13.0 Å². The van der Waals surface area contributed by atoms with Gasteiger partial charge in [-0.2, -0.15) is 0 Å². The van der Waals surface area contributed by atoms with Gasteiger partial charge in [0.15, 0.2) is 0 Å². The van der Waals surface area contributed by atoms with Crippen molar-refractivity contribution in [1.29, 1.82) is 0 Å². The maximum atomic E-state index is 6.50. The summed E-state index contributed by atoms with van der Waals surface area (Å²) in [7, 11) is 0. The first-order valence-electron chi connectivity index (χ1n) is 2.41. The summed E-state index contributed by atoms with van der Waals surface area (Å²) in [6.45, 7) is 7.28. The second kappa shape index (κ2) is 1.94. The first-order chi connectivity index (χ1) is 3.43. The Labute approximate surface area is 42.9 Å². The van der Waals surface area contributed by atoms with Crippen molar-refractivity contribution < 1.29 is 4.74 Å². The monoisotopic (exact) mass is 97.1 g/mol. The van der Waals surface area contributed by atoms with Crippen LogP contribution in [0.3, 0.4) is 0 Å². The molecule has 7 heavy (non-hydrogen) atoms. The lowest BCUT2D eigenvalue weighted by atomic mass is 10.3. The van der Waals surface area contributed by atoms with E-state index in [0.29, 0.717) is 0 Å². The Morgan fingerprint density at radius 2 is 2.57 bits per heavy atom. The summed E-state index contributed by atoms with van der Waals surface area (Å²) in [5, 5.41) is 0. The minimum absolute atomic E-state index is 0.111. The molecule has 1 saturated heterocycles. The Balaban J connectivity index is 2.31. The van der Waals surface area contributed by atoms with Crippen molar-refractivity contribution in [3.63, 3.8) is 0 Å². The van der Waals surface area contributed by atoms with Crippen molar-refractivity contribution in [2.45, 2.75) is 19.1 Å². The second-order valence-corrected chi connectivity index (χ2v) is 1.60. The van der Waals surface area contributed by atoms with Gasteiger partial charge in [-0.1, -0.05) is 0 Å². The molecule has 38 valence electrons. The van der Waals surface area contributed by atoms with Crippen molar-refractivity contribution in [3.8, 4) is 0 Å². The molecular formula is C5H7NO. The standard InChI is InChI=1S/C5H7NO/c1-6-5-3-2-4-7-5/h5H,2-4H2. The Bertz CT molecular complexity index is 88.7. The number of hydrogen-bond donors (Lipinski definition) is 0. The zero-order chi connectivity index (χ0) is 5.11. The van der Waals surface area contributed by atoms with Gasteiger partial charge in [-0.05, 0) is 6.42 Å². The van der Waals surface area contributed by atoms with E-state index >= 15 is 0 Å². The van der Waals surface area contributed by atoms with Crippen molar-refractivity contribution in [1.82, 2.24) is 0 Å². The molecule has 0 aromatic carbocycles. The van der Waals surface area contributed by atoms with Crippen LogP contribution in [0.1, 0.15) is 12.8 Å². The largest absolute Gasteiger partial charge is 0.327 e. The van der Waals surface area contributed by atoms with Gasteiger partial charge in [0.2, 0.25) is 0 Å². The molecule has 2 heteroatoms. The molecule has 1 fully saturated rings. The van der Waals surface area contributed by atoms with Gasteiger partial charge in [0.1, 0.15) is 0 Å². The highest BCUT2D eigenvalue weighted by atomic mass is 16.5. The van der Waals surface area contributed by atoms with Gasteiger partial charge >= 0.3 is 6.23 Å². The van der Waals surface area contributed by atoms with Crippen LogP contribution in [0.15, 0.2) is 0 Å². The third-order valence-electron chi connectivity index (χ3n) is 1.05. The molecule has 0 saturated carbocycles. The third-order valence-corrected chi connectivity index (χ3v) is 1.05. The molecule has 1 unspecified atom stereocenters. The van der Waals surface area contributed by atoms with Gasteiger partial charge in [-0.25, -0.2) is 6.57 Å². The summed E-state index contributed by atoms with van der Waals surface area (Å²) in [5.41, 5.74) is 0. The van der Waals surface area contributed by atoms with E-state index in [1.165, 1.54) is 0 Å². The Hall–Kier alpha value is -0.550. The maximum absolute atomic E-state index is 6.50. The predicted molar refractivity (Wildman–Crippen MR) is 25.6 cm³/mol. The van der Waals surface area contributed by atoms with Crippen LogP contribution in [-0.2, 0) is 4.74 Å². The fourth-order valence-electron chi connectivity index (χ4n) is 0.662. The maximum Gasteiger partial charge on any atom is 0.327 e. The van der Waals surface area contributed by atoms with Crippen LogP contribution in [0.5, 0.6) is 0 Å². The van der Waals surface area contributed by atoms with E-state index in [0.717, 1.165) is 19.4 Å². The van der Waals surface area contributed by atoms with Gasteiger partial charge in [-0.15, -0.1) is 0 Å². The first kappa shape index (κ1) is 4.61. The lowest BCUT2D eigenvalue weighted by Crippen LogP contribution is -1.94. The minimum atomic E-state index is -0.111. The Morgan fingerprint density at radius 3 is 2.86 bits per heavy atom. The average molecular weight is 97.1 g/mol. The van der Waals surface area contributed by atoms with Crippen LogP contribution >= 0.6 is 0 Å². The number of nitrogens with zero attached hydrogens (tertiary/aromatic N) is 1. The number of ether oxygens (including phenoxy) is 1. The lowest BCUT2D eigenvalue weighted by Gasteiger charge is -1.87. The van der Waals surface area contributed by atoms with Crippen molar-refractivity contribution >= 4 is 0 Å². The van der Waals surface area contributed by atoms with Crippen LogP contribution in [0.2, 0.25) is 0 Å². The molecule has 0 aromatic rings. The minimum Gasteiger partial charge on any atom is -0.310 e.